The van der Waals surface area contributed by atoms with Gasteiger partial charge >= 0.3 is 0 Å². The van der Waals surface area contributed by atoms with Crippen molar-refractivity contribution in [1.82, 2.24) is 9.97 Å². The third-order valence-electron chi connectivity index (χ3n) is 2.81. The smallest absolute Gasteiger partial charge is 0.134 e. The van der Waals surface area contributed by atoms with Gasteiger partial charge in [0, 0.05) is 25.8 Å². The average Bonchev–Trinajstić information content (AvgIpc) is 2.33. The number of anilines is 2. The van der Waals surface area contributed by atoms with E-state index in [0.717, 1.165) is 43.8 Å². The minimum atomic E-state index is 0.321. The molecule has 0 aliphatic heterocycles. The summed E-state index contributed by atoms with van der Waals surface area (Å²) in [6.07, 6.45) is 4.86. The number of nitrogens with two attached hydrogens (primary N) is 1. The zero-order chi connectivity index (χ0) is 13.4. The first-order valence-corrected chi connectivity index (χ1v) is 6.50. The number of hydrogen-bond acceptors (Lipinski definition) is 5. The number of rotatable bonds is 8. The summed E-state index contributed by atoms with van der Waals surface area (Å²) in [5, 5.41) is 3.34. The van der Waals surface area contributed by atoms with E-state index in [2.05, 4.69) is 29.1 Å². The van der Waals surface area contributed by atoms with Gasteiger partial charge in [-0.15, -0.1) is 0 Å². The molecule has 0 saturated heterocycles. The second-order valence-electron chi connectivity index (χ2n) is 4.66. The van der Waals surface area contributed by atoms with Gasteiger partial charge in [-0.2, -0.15) is 0 Å². The van der Waals surface area contributed by atoms with Crippen LogP contribution < -0.4 is 11.1 Å². The van der Waals surface area contributed by atoms with E-state index in [1.54, 1.807) is 7.11 Å². The minimum absolute atomic E-state index is 0.321. The molecule has 0 unspecified atom stereocenters. The summed E-state index contributed by atoms with van der Waals surface area (Å²) < 4.78 is 5.02. The molecule has 0 spiro atoms. The molecule has 0 atom stereocenters. The Morgan fingerprint density at radius 3 is 2.72 bits per heavy atom. The van der Waals surface area contributed by atoms with Crippen molar-refractivity contribution < 1.29 is 4.74 Å². The SMILES string of the molecule is COCCCCCNc1ncnc(N)c1C(C)C. The van der Waals surface area contributed by atoms with Gasteiger partial charge < -0.3 is 15.8 Å². The van der Waals surface area contributed by atoms with Crippen molar-refractivity contribution in [2.75, 3.05) is 31.3 Å². The Balaban J connectivity index is 2.44. The molecule has 0 aliphatic rings. The quantitative estimate of drug-likeness (QED) is 0.695. The van der Waals surface area contributed by atoms with Crippen LogP contribution in [0.1, 0.15) is 44.6 Å². The van der Waals surface area contributed by atoms with E-state index in [9.17, 15) is 0 Å². The highest BCUT2D eigenvalue weighted by atomic mass is 16.5. The van der Waals surface area contributed by atoms with Crippen molar-refractivity contribution in [3.05, 3.63) is 11.9 Å². The highest BCUT2D eigenvalue weighted by Gasteiger charge is 2.12. The van der Waals surface area contributed by atoms with E-state index in [1.165, 1.54) is 6.33 Å². The maximum Gasteiger partial charge on any atom is 0.134 e. The van der Waals surface area contributed by atoms with Crippen LogP contribution in [0.2, 0.25) is 0 Å². The first kappa shape index (κ1) is 14.7. The molecule has 1 aromatic heterocycles. The van der Waals surface area contributed by atoms with E-state index >= 15 is 0 Å². The molecule has 1 rings (SSSR count). The number of methoxy groups -OCH3 is 1. The molecule has 102 valence electrons. The Kier molecular flexibility index (Phi) is 6.43. The van der Waals surface area contributed by atoms with Crippen LogP contribution in [0.5, 0.6) is 0 Å². The van der Waals surface area contributed by atoms with Gasteiger partial charge in [0.05, 0.1) is 0 Å². The number of aromatic nitrogens is 2. The fourth-order valence-corrected chi connectivity index (χ4v) is 1.87. The summed E-state index contributed by atoms with van der Waals surface area (Å²) in [7, 11) is 1.73. The van der Waals surface area contributed by atoms with Gasteiger partial charge in [-0.1, -0.05) is 13.8 Å². The second-order valence-corrected chi connectivity index (χ2v) is 4.66. The lowest BCUT2D eigenvalue weighted by Crippen LogP contribution is -2.10. The summed E-state index contributed by atoms with van der Waals surface area (Å²) >= 11 is 0. The minimum Gasteiger partial charge on any atom is -0.385 e. The van der Waals surface area contributed by atoms with Crippen molar-refractivity contribution in [1.29, 1.82) is 0 Å². The van der Waals surface area contributed by atoms with E-state index < -0.39 is 0 Å². The maximum atomic E-state index is 5.88. The van der Waals surface area contributed by atoms with Crippen LogP contribution >= 0.6 is 0 Å². The molecule has 0 fully saturated rings. The van der Waals surface area contributed by atoms with Gasteiger partial charge in [0.15, 0.2) is 0 Å². The van der Waals surface area contributed by atoms with Crippen molar-refractivity contribution in [3.8, 4) is 0 Å². The molecule has 1 heterocycles. The number of nitrogens with zero attached hydrogens (tertiary/aromatic N) is 2. The summed E-state index contributed by atoms with van der Waals surface area (Å²) in [5.74, 6) is 1.76. The molecule has 0 bridgehead atoms. The van der Waals surface area contributed by atoms with Crippen LogP contribution in [0.15, 0.2) is 6.33 Å². The van der Waals surface area contributed by atoms with E-state index in [-0.39, 0.29) is 0 Å². The summed E-state index contributed by atoms with van der Waals surface area (Å²) in [6.45, 7) is 5.93. The lowest BCUT2D eigenvalue weighted by Gasteiger charge is -2.14. The molecule has 5 heteroatoms. The average molecular weight is 252 g/mol. The Labute approximate surface area is 109 Å². The molecular formula is C13H24N4O. The van der Waals surface area contributed by atoms with Crippen LogP contribution in [-0.4, -0.2) is 30.2 Å². The zero-order valence-corrected chi connectivity index (χ0v) is 11.6. The van der Waals surface area contributed by atoms with E-state index in [0.29, 0.717) is 11.7 Å². The molecule has 1 aromatic rings. The van der Waals surface area contributed by atoms with Gasteiger partial charge in [-0.3, -0.25) is 0 Å². The summed E-state index contributed by atoms with van der Waals surface area (Å²) in [6, 6.07) is 0. The number of nitrogens with one attached hydrogen (secondary N) is 1. The summed E-state index contributed by atoms with van der Waals surface area (Å²) in [5.41, 5.74) is 6.89. The molecule has 0 amide bonds. The molecule has 0 saturated carbocycles. The normalized spacial score (nSPS) is 10.9. The largest absolute Gasteiger partial charge is 0.385 e. The Morgan fingerprint density at radius 1 is 1.28 bits per heavy atom. The molecular weight excluding hydrogens is 228 g/mol. The molecule has 5 nitrogen and oxygen atoms in total. The highest BCUT2D eigenvalue weighted by molar-refractivity contribution is 5.56. The monoisotopic (exact) mass is 252 g/mol. The van der Waals surface area contributed by atoms with Crippen molar-refractivity contribution >= 4 is 11.6 Å². The fourth-order valence-electron chi connectivity index (χ4n) is 1.87. The first-order valence-electron chi connectivity index (χ1n) is 6.50. The fraction of sp³-hybridized carbons (Fsp3) is 0.692. The predicted octanol–water partition coefficient (Wildman–Crippen LogP) is 2.41. The number of ether oxygens (including phenoxy) is 1. The van der Waals surface area contributed by atoms with Gasteiger partial charge in [-0.25, -0.2) is 9.97 Å². The lowest BCUT2D eigenvalue weighted by atomic mass is 10.0. The van der Waals surface area contributed by atoms with Crippen LogP contribution in [-0.2, 0) is 4.74 Å². The van der Waals surface area contributed by atoms with Crippen molar-refractivity contribution in [3.63, 3.8) is 0 Å². The zero-order valence-electron chi connectivity index (χ0n) is 11.6. The van der Waals surface area contributed by atoms with E-state index in [1.807, 2.05) is 0 Å². The third kappa shape index (κ3) is 4.49. The van der Waals surface area contributed by atoms with Crippen LogP contribution in [0, 0.1) is 0 Å². The second kappa shape index (κ2) is 7.87. The van der Waals surface area contributed by atoms with Crippen molar-refractivity contribution in [2.24, 2.45) is 0 Å². The third-order valence-corrected chi connectivity index (χ3v) is 2.81. The lowest BCUT2D eigenvalue weighted by molar-refractivity contribution is 0.192. The number of unbranched alkanes of at least 4 members (excludes halogenated alkanes) is 2. The molecule has 0 radical (unpaired) electrons. The van der Waals surface area contributed by atoms with Crippen LogP contribution in [0.4, 0.5) is 11.6 Å². The Bertz CT molecular complexity index is 355. The predicted molar refractivity (Wildman–Crippen MR) is 74.8 cm³/mol. The summed E-state index contributed by atoms with van der Waals surface area (Å²) in [4.78, 5) is 8.31. The van der Waals surface area contributed by atoms with Crippen molar-refractivity contribution in [2.45, 2.75) is 39.0 Å². The van der Waals surface area contributed by atoms with Gasteiger partial charge in [-0.05, 0) is 25.2 Å². The Hall–Kier alpha value is -1.36. The van der Waals surface area contributed by atoms with Crippen LogP contribution in [0.3, 0.4) is 0 Å². The van der Waals surface area contributed by atoms with Gasteiger partial charge in [0.2, 0.25) is 0 Å². The molecule has 3 N–H and O–H groups in total. The number of nitrogen functional groups attached to an aromatic ring is 1. The topological polar surface area (TPSA) is 73.1 Å². The number of hydrogen-bond donors (Lipinski definition) is 2. The van der Waals surface area contributed by atoms with Gasteiger partial charge in [0.1, 0.15) is 18.0 Å². The Morgan fingerprint density at radius 2 is 2.06 bits per heavy atom. The molecule has 0 aliphatic carbocycles. The molecule has 0 aromatic carbocycles. The highest BCUT2D eigenvalue weighted by Crippen LogP contribution is 2.26. The first-order chi connectivity index (χ1) is 8.66. The van der Waals surface area contributed by atoms with Gasteiger partial charge in [0.25, 0.3) is 0 Å². The van der Waals surface area contributed by atoms with E-state index in [4.69, 9.17) is 10.5 Å². The maximum absolute atomic E-state index is 5.88. The standard InChI is InChI=1S/C13H24N4O/c1-10(2)11-12(14)16-9-17-13(11)15-7-5-4-6-8-18-3/h9-10H,4-8H2,1-3H3,(H3,14,15,16,17). The molecule has 18 heavy (non-hydrogen) atoms. The van der Waals surface area contributed by atoms with Crippen LogP contribution in [0.25, 0.3) is 0 Å².